The van der Waals surface area contributed by atoms with Crippen LogP contribution >= 0.6 is 0 Å². The van der Waals surface area contributed by atoms with Crippen molar-refractivity contribution in [3.05, 3.63) is 0 Å². The summed E-state index contributed by atoms with van der Waals surface area (Å²) in [6, 6.07) is 0. The van der Waals surface area contributed by atoms with E-state index in [-0.39, 0.29) is 5.97 Å². The Morgan fingerprint density at radius 3 is 2.57 bits per heavy atom. The van der Waals surface area contributed by atoms with Gasteiger partial charge in [0.2, 0.25) is 0 Å². The molecule has 1 heterocycles. The largest absolute Gasteiger partial charge is 0.550 e. The summed E-state index contributed by atoms with van der Waals surface area (Å²) in [5.41, 5.74) is -0.840. The second-order valence-corrected chi connectivity index (χ2v) is 3.68. The molecule has 1 aliphatic heterocycles. The van der Waals surface area contributed by atoms with Gasteiger partial charge in [-0.2, -0.15) is 0 Å². The summed E-state index contributed by atoms with van der Waals surface area (Å²) in [6.07, 6.45) is 1.40. The molecule has 0 aliphatic carbocycles. The topological polar surface area (TPSA) is 66.4 Å². The molecule has 80 valence electrons. The molecule has 4 nitrogen and oxygen atoms in total. The number of cyclic esters (lactones) is 1. The molecule has 0 spiro atoms. The van der Waals surface area contributed by atoms with Crippen LogP contribution in [0.3, 0.4) is 0 Å². The lowest BCUT2D eigenvalue weighted by Gasteiger charge is -2.32. The Morgan fingerprint density at radius 1 is 1.64 bits per heavy atom. The minimum Gasteiger partial charge on any atom is -0.550 e. The fourth-order valence-electron chi connectivity index (χ4n) is 2.24. The van der Waals surface area contributed by atoms with Gasteiger partial charge in [0.15, 0.2) is 0 Å². The molecule has 1 saturated heterocycles. The molecule has 2 atom stereocenters. The van der Waals surface area contributed by atoms with Gasteiger partial charge < -0.3 is 14.6 Å². The Kier molecular flexibility index (Phi) is 3.13. The quantitative estimate of drug-likeness (QED) is 0.602. The summed E-state index contributed by atoms with van der Waals surface area (Å²) in [7, 11) is 0. The highest BCUT2D eigenvalue weighted by Gasteiger charge is 2.48. The fraction of sp³-hybridized carbons (Fsp3) is 0.800. The Bertz CT molecular complexity index is 249. The van der Waals surface area contributed by atoms with Crippen molar-refractivity contribution in [2.75, 3.05) is 6.61 Å². The Labute approximate surface area is 83.2 Å². The molecule has 0 amide bonds. The highest BCUT2D eigenvalue weighted by molar-refractivity contribution is 5.85. The van der Waals surface area contributed by atoms with Gasteiger partial charge in [-0.15, -0.1) is 0 Å². The summed E-state index contributed by atoms with van der Waals surface area (Å²) < 4.78 is 4.86. The van der Waals surface area contributed by atoms with Crippen LogP contribution in [0.15, 0.2) is 0 Å². The number of carbonyl (C=O) groups excluding carboxylic acids is 2. The van der Waals surface area contributed by atoms with Crippen molar-refractivity contribution in [1.29, 1.82) is 0 Å². The molecule has 0 aromatic carbocycles. The number of hydrogen-bond acceptors (Lipinski definition) is 4. The molecular weight excluding hydrogens is 184 g/mol. The second kappa shape index (κ2) is 3.98. The van der Waals surface area contributed by atoms with E-state index in [0.29, 0.717) is 25.9 Å². The second-order valence-electron chi connectivity index (χ2n) is 3.68. The van der Waals surface area contributed by atoms with Crippen molar-refractivity contribution in [2.24, 2.45) is 11.3 Å². The predicted octanol–water partition coefficient (Wildman–Crippen LogP) is 0.106. The van der Waals surface area contributed by atoms with Crippen molar-refractivity contribution < 1.29 is 19.4 Å². The van der Waals surface area contributed by atoms with Crippen molar-refractivity contribution in [3.8, 4) is 0 Å². The molecule has 0 N–H and O–H groups in total. The monoisotopic (exact) mass is 199 g/mol. The van der Waals surface area contributed by atoms with Crippen LogP contribution in [0.2, 0.25) is 0 Å². The number of carboxylic acids is 1. The first-order valence-electron chi connectivity index (χ1n) is 4.96. The van der Waals surface area contributed by atoms with E-state index in [4.69, 9.17) is 4.74 Å². The van der Waals surface area contributed by atoms with Crippen LogP contribution in [0.25, 0.3) is 0 Å². The first-order valence-corrected chi connectivity index (χ1v) is 4.96. The normalized spacial score (nSPS) is 28.6. The average Bonchev–Trinajstić information content (AvgIpc) is 2.49. The number of hydrogen-bond donors (Lipinski definition) is 0. The highest BCUT2D eigenvalue weighted by atomic mass is 16.5. The molecule has 0 aromatic rings. The lowest BCUT2D eigenvalue weighted by molar-refractivity contribution is -0.315. The van der Waals surface area contributed by atoms with Crippen molar-refractivity contribution in [2.45, 2.75) is 33.1 Å². The molecule has 1 aliphatic rings. The standard InChI is InChI=1S/C10H16O4/c1-3-7(8(11)12)10(4-2)5-6-14-9(10)13/h7H,3-6H2,1-2H3,(H,11,12)/p-1. The zero-order valence-electron chi connectivity index (χ0n) is 8.54. The summed E-state index contributed by atoms with van der Waals surface area (Å²) in [6.45, 7) is 3.90. The van der Waals surface area contributed by atoms with E-state index in [0.717, 1.165) is 0 Å². The van der Waals surface area contributed by atoms with E-state index in [1.165, 1.54) is 0 Å². The highest BCUT2D eigenvalue weighted by Crippen LogP contribution is 2.42. The van der Waals surface area contributed by atoms with Gasteiger partial charge >= 0.3 is 5.97 Å². The first kappa shape index (κ1) is 11.0. The van der Waals surface area contributed by atoms with Gasteiger partial charge in [0.1, 0.15) is 0 Å². The Morgan fingerprint density at radius 2 is 2.29 bits per heavy atom. The third kappa shape index (κ3) is 1.49. The van der Waals surface area contributed by atoms with Crippen LogP contribution < -0.4 is 5.11 Å². The van der Waals surface area contributed by atoms with E-state index in [2.05, 4.69) is 0 Å². The third-order valence-corrected chi connectivity index (χ3v) is 3.18. The van der Waals surface area contributed by atoms with E-state index in [1.54, 1.807) is 6.92 Å². The summed E-state index contributed by atoms with van der Waals surface area (Å²) in [5.74, 6) is -2.24. The molecule has 2 unspecified atom stereocenters. The number of carbonyl (C=O) groups is 2. The number of aliphatic carboxylic acids is 1. The van der Waals surface area contributed by atoms with Gasteiger partial charge in [0.25, 0.3) is 0 Å². The number of carboxylic acid groups (broad SMARTS) is 1. The molecule has 14 heavy (non-hydrogen) atoms. The van der Waals surface area contributed by atoms with Gasteiger partial charge in [-0.3, -0.25) is 4.79 Å². The fourth-order valence-corrected chi connectivity index (χ4v) is 2.24. The molecule has 0 saturated carbocycles. The number of esters is 1. The Balaban J connectivity index is 2.98. The molecule has 1 rings (SSSR count). The lowest BCUT2D eigenvalue weighted by Crippen LogP contribution is -2.45. The van der Waals surface area contributed by atoms with Crippen LogP contribution in [0.1, 0.15) is 33.1 Å². The van der Waals surface area contributed by atoms with E-state index in [1.807, 2.05) is 6.92 Å². The summed E-state index contributed by atoms with van der Waals surface area (Å²) >= 11 is 0. The SMILES string of the molecule is CCC(C(=O)[O-])C1(CC)CCOC1=O. The first-order chi connectivity index (χ1) is 6.58. The Hall–Kier alpha value is -1.06. The van der Waals surface area contributed by atoms with E-state index >= 15 is 0 Å². The molecule has 0 bridgehead atoms. The molecule has 4 heteroatoms. The van der Waals surface area contributed by atoms with Gasteiger partial charge in [-0.1, -0.05) is 13.8 Å². The van der Waals surface area contributed by atoms with Crippen molar-refractivity contribution >= 4 is 11.9 Å². The molecule has 1 fully saturated rings. The summed E-state index contributed by atoms with van der Waals surface area (Å²) in [5, 5.41) is 10.9. The van der Waals surface area contributed by atoms with Crippen molar-refractivity contribution in [1.82, 2.24) is 0 Å². The average molecular weight is 199 g/mol. The maximum atomic E-state index is 11.5. The number of rotatable bonds is 4. The third-order valence-electron chi connectivity index (χ3n) is 3.18. The van der Waals surface area contributed by atoms with Crippen LogP contribution in [-0.4, -0.2) is 18.5 Å². The molecule has 0 aromatic heterocycles. The smallest absolute Gasteiger partial charge is 0.312 e. The van der Waals surface area contributed by atoms with Gasteiger partial charge in [-0.25, -0.2) is 0 Å². The summed E-state index contributed by atoms with van der Waals surface area (Å²) in [4.78, 5) is 22.4. The van der Waals surface area contributed by atoms with Crippen LogP contribution in [0.5, 0.6) is 0 Å². The zero-order chi connectivity index (χ0) is 10.8. The van der Waals surface area contributed by atoms with Crippen LogP contribution in [-0.2, 0) is 14.3 Å². The molecular formula is C10H15O4-. The van der Waals surface area contributed by atoms with Crippen LogP contribution in [0.4, 0.5) is 0 Å². The minimum atomic E-state index is -1.15. The maximum Gasteiger partial charge on any atom is 0.312 e. The van der Waals surface area contributed by atoms with Crippen LogP contribution in [0, 0.1) is 11.3 Å². The number of ether oxygens (including phenoxy) is 1. The predicted molar refractivity (Wildman–Crippen MR) is 47.1 cm³/mol. The van der Waals surface area contributed by atoms with E-state index < -0.39 is 17.3 Å². The maximum absolute atomic E-state index is 11.5. The minimum absolute atomic E-state index is 0.330. The van der Waals surface area contributed by atoms with Gasteiger partial charge in [0, 0.05) is 11.9 Å². The van der Waals surface area contributed by atoms with Crippen molar-refractivity contribution in [3.63, 3.8) is 0 Å². The zero-order valence-corrected chi connectivity index (χ0v) is 8.54. The lowest BCUT2D eigenvalue weighted by atomic mass is 9.71. The van der Waals surface area contributed by atoms with E-state index in [9.17, 15) is 14.7 Å². The van der Waals surface area contributed by atoms with Gasteiger partial charge in [0.05, 0.1) is 12.0 Å². The van der Waals surface area contributed by atoms with Gasteiger partial charge in [-0.05, 0) is 19.3 Å². The molecule has 0 radical (unpaired) electrons.